The van der Waals surface area contributed by atoms with E-state index >= 15 is 0 Å². The van der Waals surface area contributed by atoms with Crippen molar-refractivity contribution in [3.05, 3.63) is 96.6 Å². The third-order valence-electron chi connectivity index (χ3n) is 4.98. The van der Waals surface area contributed by atoms with Crippen molar-refractivity contribution in [2.45, 2.75) is 6.92 Å². The van der Waals surface area contributed by atoms with Crippen LogP contribution >= 0.6 is 0 Å². The van der Waals surface area contributed by atoms with Crippen molar-refractivity contribution in [3.8, 4) is 11.3 Å². The molecule has 156 valence electrons. The summed E-state index contributed by atoms with van der Waals surface area (Å²) in [6.07, 6.45) is 1.63. The first-order chi connectivity index (χ1) is 15.6. The Bertz CT molecular complexity index is 1410. The van der Waals surface area contributed by atoms with Crippen LogP contribution in [0.15, 0.2) is 85.2 Å². The summed E-state index contributed by atoms with van der Waals surface area (Å²) in [5, 5.41) is 6.22. The van der Waals surface area contributed by atoms with Gasteiger partial charge in [-0.05, 0) is 43.3 Å². The second kappa shape index (κ2) is 8.31. The minimum atomic E-state index is -0.198. The molecule has 5 rings (SSSR count). The molecule has 0 radical (unpaired) electrons. The fraction of sp³-hybridized carbons (Fsp3) is 0.0400. The van der Waals surface area contributed by atoms with Crippen molar-refractivity contribution >= 4 is 34.1 Å². The van der Waals surface area contributed by atoms with Crippen LogP contribution in [-0.2, 0) is 0 Å². The molecule has 0 aliphatic rings. The molecule has 1 amide bonds. The Morgan fingerprint density at radius 1 is 0.875 bits per heavy atom. The summed E-state index contributed by atoms with van der Waals surface area (Å²) in [4.78, 5) is 29.1. The lowest BCUT2D eigenvalue weighted by Gasteiger charge is -2.11. The van der Waals surface area contributed by atoms with Crippen LogP contribution in [0, 0.1) is 6.92 Å². The van der Waals surface area contributed by atoms with Gasteiger partial charge in [-0.3, -0.25) is 4.79 Å². The Kier molecular flexibility index (Phi) is 5.05. The first-order valence-corrected chi connectivity index (χ1v) is 10.2. The number of nitrogens with zero attached hydrogens (tertiary/aromatic N) is 3. The summed E-state index contributed by atoms with van der Waals surface area (Å²) in [6, 6.07) is 24.7. The van der Waals surface area contributed by atoms with Crippen LogP contribution in [0.5, 0.6) is 0 Å². The molecule has 2 aromatic heterocycles. The summed E-state index contributed by atoms with van der Waals surface area (Å²) < 4.78 is 0. The number of benzene rings is 3. The van der Waals surface area contributed by atoms with Crippen molar-refractivity contribution in [1.29, 1.82) is 0 Å². The van der Waals surface area contributed by atoms with Gasteiger partial charge in [0.1, 0.15) is 11.6 Å². The predicted molar refractivity (Wildman–Crippen MR) is 126 cm³/mol. The number of rotatable bonds is 5. The number of hydrogen-bond acceptors (Lipinski definition) is 5. The van der Waals surface area contributed by atoms with E-state index in [9.17, 15) is 4.79 Å². The van der Waals surface area contributed by atoms with Gasteiger partial charge in [-0.15, -0.1) is 0 Å². The van der Waals surface area contributed by atoms with Gasteiger partial charge in [0.05, 0.1) is 23.1 Å². The number of H-pyrrole nitrogens is 1. The Morgan fingerprint density at radius 2 is 1.75 bits per heavy atom. The zero-order valence-electron chi connectivity index (χ0n) is 17.3. The van der Waals surface area contributed by atoms with Crippen molar-refractivity contribution in [2.24, 2.45) is 0 Å². The Hall–Kier alpha value is -4.52. The number of imidazole rings is 1. The molecular formula is C25H20N6O. The van der Waals surface area contributed by atoms with Gasteiger partial charge in [-0.25, -0.2) is 15.0 Å². The Labute approximate surface area is 184 Å². The van der Waals surface area contributed by atoms with E-state index in [0.29, 0.717) is 22.9 Å². The Balaban J connectivity index is 1.36. The maximum absolute atomic E-state index is 12.8. The van der Waals surface area contributed by atoms with E-state index in [4.69, 9.17) is 0 Å². The van der Waals surface area contributed by atoms with Gasteiger partial charge >= 0.3 is 0 Å². The third kappa shape index (κ3) is 4.17. The highest BCUT2D eigenvalue weighted by molar-refractivity contribution is 6.05. The lowest BCUT2D eigenvalue weighted by Crippen LogP contribution is -2.12. The molecule has 0 saturated carbocycles. The van der Waals surface area contributed by atoms with Gasteiger partial charge in [-0.1, -0.05) is 36.4 Å². The van der Waals surface area contributed by atoms with Crippen LogP contribution in [0.4, 0.5) is 17.2 Å². The van der Waals surface area contributed by atoms with Crippen molar-refractivity contribution < 1.29 is 4.79 Å². The van der Waals surface area contributed by atoms with Crippen molar-refractivity contribution in [2.75, 3.05) is 10.6 Å². The Morgan fingerprint density at radius 3 is 2.62 bits per heavy atom. The molecule has 0 aliphatic heterocycles. The molecule has 0 unspecified atom stereocenters. The zero-order chi connectivity index (χ0) is 21.9. The van der Waals surface area contributed by atoms with E-state index in [0.717, 1.165) is 28.0 Å². The first-order valence-electron chi connectivity index (χ1n) is 10.2. The summed E-state index contributed by atoms with van der Waals surface area (Å²) >= 11 is 0. The molecular weight excluding hydrogens is 400 g/mol. The molecule has 3 aromatic carbocycles. The fourth-order valence-electron chi connectivity index (χ4n) is 3.49. The van der Waals surface area contributed by atoms with Crippen molar-refractivity contribution in [1.82, 2.24) is 19.9 Å². The van der Waals surface area contributed by atoms with Crippen LogP contribution in [0.3, 0.4) is 0 Å². The van der Waals surface area contributed by atoms with Crippen molar-refractivity contribution in [3.63, 3.8) is 0 Å². The van der Waals surface area contributed by atoms with Gasteiger partial charge in [0.25, 0.3) is 5.91 Å². The van der Waals surface area contributed by atoms with Crippen LogP contribution in [0.2, 0.25) is 0 Å². The summed E-state index contributed by atoms with van der Waals surface area (Å²) in [7, 11) is 0. The topological polar surface area (TPSA) is 95.6 Å². The molecule has 5 aromatic rings. The normalized spacial score (nSPS) is 10.8. The number of nitrogens with one attached hydrogen (secondary N) is 3. The van der Waals surface area contributed by atoms with E-state index in [2.05, 4.69) is 30.6 Å². The molecule has 0 bridgehead atoms. The standard InChI is InChI=1S/C25H20N6O/c1-16-28-22(17-6-3-2-4-7-17)14-24(29-16)30-19-9-5-8-18(12-19)25(32)31-20-10-11-21-23(13-20)27-15-26-21/h2-15H,1H3,(H,26,27)(H,31,32)(H,28,29,30). The lowest BCUT2D eigenvalue weighted by molar-refractivity contribution is 0.102. The zero-order valence-corrected chi connectivity index (χ0v) is 17.3. The number of aromatic nitrogens is 4. The second-order valence-electron chi connectivity index (χ2n) is 7.35. The number of hydrogen-bond donors (Lipinski definition) is 3. The molecule has 3 N–H and O–H groups in total. The molecule has 2 heterocycles. The number of carbonyl (C=O) groups is 1. The maximum Gasteiger partial charge on any atom is 0.255 e. The number of fused-ring (bicyclic) bond motifs is 1. The van der Waals surface area contributed by atoms with Crippen LogP contribution in [0.25, 0.3) is 22.3 Å². The van der Waals surface area contributed by atoms with Gasteiger partial charge < -0.3 is 15.6 Å². The number of aryl methyl sites for hydroxylation is 1. The number of carbonyl (C=O) groups excluding carboxylic acids is 1. The molecule has 0 saturated heterocycles. The van der Waals surface area contributed by atoms with Crippen LogP contribution < -0.4 is 10.6 Å². The molecule has 7 heteroatoms. The highest BCUT2D eigenvalue weighted by Crippen LogP contribution is 2.23. The predicted octanol–water partition coefficient (Wildman–Crippen LogP) is 5.32. The highest BCUT2D eigenvalue weighted by Gasteiger charge is 2.10. The number of amides is 1. The minimum absolute atomic E-state index is 0.198. The molecule has 32 heavy (non-hydrogen) atoms. The van der Waals surface area contributed by atoms with E-state index < -0.39 is 0 Å². The van der Waals surface area contributed by atoms with E-state index in [1.807, 2.05) is 73.7 Å². The number of anilines is 3. The van der Waals surface area contributed by atoms with Crippen LogP contribution in [-0.4, -0.2) is 25.8 Å². The van der Waals surface area contributed by atoms with E-state index in [-0.39, 0.29) is 5.91 Å². The average Bonchev–Trinajstić information content (AvgIpc) is 3.27. The quantitative estimate of drug-likeness (QED) is 0.357. The molecule has 0 atom stereocenters. The average molecular weight is 420 g/mol. The molecule has 0 fully saturated rings. The number of aromatic amines is 1. The smallest absolute Gasteiger partial charge is 0.255 e. The lowest BCUT2D eigenvalue weighted by atomic mass is 10.1. The van der Waals surface area contributed by atoms with E-state index in [1.165, 1.54) is 0 Å². The SMILES string of the molecule is Cc1nc(Nc2cccc(C(=O)Nc3ccc4nc[nH]c4c3)c2)cc(-c2ccccc2)n1. The van der Waals surface area contributed by atoms with E-state index in [1.54, 1.807) is 18.5 Å². The monoisotopic (exact) mass is 420 g/mol. The molecule has 0 spiro atoms. The van der Waals surface area contributed by atoms with Gasteiger partial charge in [0.2, 0.25) is 0 Å². The van der Waals surface area contributed by atoms with Gasteiger partial charge in [0, 0.05) is 28.6 Å². The molecule has 7 nitrogen and oxygen atoms in total. The summed E-state index contributed by atoms with van der Waals surface area (Å²) in [5.74, 6) is 1.13. The maximum atomic E-state index is 12.8. The van der Waals surface area contributed by atoms with Gasteiger partial charge in [0.15, 0.2) is 0 Å². The fourth-order valence-corrected chi connectivity index (χ4v) is 3.49. The highest BCUT2D eigenvalue weighted by atomic mass is 16.1. The first kappa shape index (κ1) is 19.4. The summed E-state index contributed by atoms with van der Waals surface area (Å²) in [6.45, 7) is 1.86. The minimum Gasteiger partial charge on any atom is -0.345 e. The largest absolute Gasteiger partial charge is 0.345 e. The third-order valence-corrected chi connectivity index (χ3v) is 4.98. The second-order valence-corrected chi connectivity index (χ2v) is 7.35. The van der Waals surface area contributed by atoms with Gasteiger partial charge in [-0.2, -0.15) is 0 Å². The van der Waals surface area contributed by atoms with Crippen LogP contribution in [0.1, 0.15) is 16.2 Å². The summed E-state index contributed by atoms with van der Waals surface area (Å²) in [5.41, 5.74) is 5.57. The molecule has 0 aliphatic carbocycles.